The van der Waals surface area contributed by atoms with Crippen molar-refractivity contribution in [2.24, 2.45) is 0 Å². The number of fused-ring (bicyclic) bond motifs is 1. The van der Waals surface area contributed by atoms with Crippen molar-refractivity contribution in [1.29, 1.82) is 0 Å². The molecule has 3 N–H and O–H groups in total. The monoisotopic (exact) mass is 246 g/mol. The Hall–Kier alpha value is -2.63. The third-order valence-corrected chi connectivity index (χ3v) is 2.39. The van der Waals surface area contributed by atoms with Crippen LogP contribution in [0.2, 0.25) is 0 Å². The highest BCUT2D eigenvalue weighted by atomic mass is 16.4. The first kappa shape index (κ1) is 11.8. The molecule has 0 bridgehead atoms. The molecule has 0 fully saturated rings. The zero-order chi connectivity index (χ0) is 13.1. The van der Waals surface area contributed by atoms with Crippen LogP contribution in [0.5, 0.6) is 0 Å². The van der Waals surface area contributed by atoms with Crippen molar-refractivity contribution in [2.75, 3.05) is 6.54 Å². The molecule has 2 rings (SSSR count). The fraction of sp³-hybridized carbons (Fsp3) is 0.0833. The van der Waals surface area contributed by atoms with E-state index in [0.29, 0.717) is 11.1 Å². The maximum absolute atomic E-state index is 11.6. The molecule has 1 aromatic heterocycles. The molecule has 0 spiro atoms. The van der Waals surface area contributed by atoms with Gasteiger partial charge in [0.05, 0.1) is 0 Å². The number of carbonyl (C=O) groups excluding carboxylic acids is 1. The van der Waals surface area contributed by atoms with Gasteiger partial charge in [0, 0.05) is 17.1 Å². The molecule has 0 radical (unpaired) electrons. The maximum atomic E-state index is 11.6. The standard InChI is InChI=1S/C12H10N2O4/c15-10-4-3-7-1-2-8(5-9(7)14-10)12(18)13-6-11(16)17/h1-5H,6H2,(H,13,18)(H,14,15)(H,16,17). The lowest BCUT2D eigenvalue weighted by molar-refractivity contribution is -0.135. The van der Waals surface area contributed by atoms with Crippen molar-refractivity contribution in [2.45, 2.75) is 0 Å². The highest BCUT2D eigenvalue weighted by molar-refractivity contribution is 5.98. The first-order valence-corrected chi connectivity index (χ1v) is 5.19. The van der Waals surface area contributed by atoms with E-state index in [0.717, 1.165) is 5.39 Å². The Balaban J connectivity index is 2.31. The Morgan fingerprint density at radius 1 is 1.22 bits per heavy atom. The summed E-state index contributed by atoms with van der Waals surface area (Å²) in [5.41, 5.74) is 0.571. The van der Waals surface area contributed by atoms with Crippen LogP contribution in [0.15, 0.2) is 35.1 Å². The SMILES string of the molecule is O=C(O)CNC(=O)c1ccc2ccc(=O)[nH]c2c1. The van der Waals surface area contributed by atoms with Gasteiger partial charge in [-0.1, -0.05) is 6.07 Å². The van der Waals surface area contributed by atoms with Gasteiger partial charge in [0.2, 0.25) is 5.56 Å². The number of hydrogen-bond acceptors (Lipinski definition) is 3. The molecule has 2 aromatic rings. The van der Waals surface area contributed by atoms with E-state index in [-0.39, 0.29) is 5.56 Å². The number of pyridine rings is 1. The lowest BCUT2D eigenvalue weighted by Gasteiger charge is -2.03. The molecular formula is C12H10N2O4. The molecule has 6 heteroatoms. The van der Waals surface area contributed by atoms with Crippen LogP contribution in [0, 0.1) is 0 Å². The van der Waals surface area contributed by atoms with Gasteiger partial charge >= 0.3 is 5.97 Å². The van der Waals surface area contributed by atoms with Crippen LogP contribution in [0.1, 0.15) is 10.4 Å². The van der Waals surface area contributed by atoms with E-state index < -0.39 is 18.4 Å². The number of amides is 1. The fourth-order valence-corrected chi connectivity index (χ4v) is 1.55. The molecule has 1 amide bonds. The highest BCUT2D eigenvalue weighted by Gasteiger charge is 2.07. The van der Waals surface area contributed by atoms with E-state index in [1.165, 1.54) is 12.1 Å². The molecule has 0 atom stereocenters. The van der Waals surface area contributed by atoms with Crippen LogP contribution < -0.4 is 10.9 Å². The van der Waals surface area contributed by atoms with Crippen LogP contribution in [-0.4, -0.2) is 28.5 Å². The second kappa shape index (κ2) is 4.70. The Morgan fingerprint density at radius 3 is 2.67 bits per heavy atom. The summed E-state index contributed by atoms with van der Waals surface area (Å²) in [5, 5.41) is 11.5. The Labute approximate surface area is 101 Å². The number of H-pyrrole nitrogens is 1. The molecule has 0 unspecified atom stereocenters. The lowest BCUT2D eigenvalue weighted by Crippen LogP contribution is -2.29. The van der Waals surface area contributed by atoms with Gasteiger partial charge in [-0.15, -0.1) is 0 Å². The topological polar surface area (TPSA) is 99.3 Å². The average Bonchev–Trinajstić information content (AvgIpc) is 2.34. The number of aromatic amines is 1. The zero-order valence-corrected chi connectivity index (χ0v) is 9.27. The number of carbonyl (C=O) groups is 2. The summed E-state index contributed by atoms with van der Waals surface area (Å²) in [6, 6.07) is 7.80. The minimum Gasteiger partial charge on any atom is -0.480 e. The molecule has 1 heterocycles. The molecule has 1 aromatic carbocycles. The molecule has 0 aliphatic heterocycles. The smallest absolute Gasteiger partial charge is 0.322 e. The summed E-state index contributed by atoms with van der Waals surface area (Å²) in [7, 11) is 0. The molecule has 92 valence electrons. The van der Waals surface area contributed by atoms with Crippen molar-refractivity contribution < 1.29 is 14.7 Å². The largest absolute Gasteiger partial charge is 0.480 e. The van der Waals surface area contributed by atoms with Gasteiger partial charge in [-0.3, -0.25) is 14.4 Å². The van der Waals surface area contributed by atoms with E-state index >= 15 is 0 Å². The van der Waals surface area contributed by atoms with Crippen LogP contribution >= 0.6 is 0 Å². The Bertz CT molecular complexity index is 675. The van der Waals surface area contributed by atoms with Gasteiger partial charge in [-0.2, -0.15) is 0 Å². The van der Waals surface area contributed by atoms with Crippen LogP contribution in [0.25, 0.3) is 10.9 Å². The van der Waals surface area contributed by atoms with Crippen molar-refractivity contribution in [3.63, 3.8) is 0 Å². The van der Waals surface area contributed by atoms with Crippen molar-refractivity contribution in [3.05, 3.63) is 46.2 Å². The molecule has 0 saturated carbocycles. The van der Waals surface area contributed by atoms with E-state index in [4.69, 9.17) is 5.11 Å². The van der Waals surface area contributed by atoms with E-state index in [1.54, 1.807) is 18.2 Å². The van der Waals surface area contributed by atoms with Gasteiger partial charge in [-0.25, -0.2) is 0 Å². The first-order valence-electron chi connectivity index (χ1n) is 5.19. The van der Waals surface area contributed by atoms with Crippen molar-refractivity contribution in [1.82, 2.24) is 10.3 Å². The summed E-state index contributed by atoms with van der Waals surface area (Å²) in [6.45, 7) is -0.442. The van der Waals surface area contributed by atoms with Gasteiger partial charge in [0.1, 0.15) is 6.54 Å². The Morgan fingerprint density at radius 2 is 1.94 bits per heavy atom. The highest BCUT2D eigenvalue weighted by Crippen LogP contribution is 2.11. The maximum Gasteiger partial charge on any atom is 0.322 e. The molecule has 0 saturated heterocycles. The summed E-state index contributed by atoms with van der Waals surface area (Å²) in [5.74, 6) is -1.61. The lowest BCUT2D eigenvalue weighted by atomic mass is 10.1. The number of benzene rings is 1. The second-order valence-corrected chi connectivity index (χ2v) is 3.70. The first-order chi connectivity index (χ1) is 8.56. The zero-order valence-electron chi connectivity index (χ0n) is 9.27. The Kier molecular flexibility index (Phi) is 3.09. The van der Waals surface area contributed by atoms with E-state index in [2.05, 4.69) is 10.3 Å². The van der Waals surface area contributed by atoms with Crippen molar-refractivity contribution >= 4 is 22.8 Å². The molecule has 0 aliphatic carbocycles. The average molecular weight is 246 g/mol. The number of carboxylic acid groups (broad SMARTS) is 1. The summed E-state index contributed by atoms with van der Waals surface area (Å²) >= 11 is 0. The number of hydrogen-bond donors (Lipinski definition) is 3. The van der Waals surface area contributed by atoms with Gasteiger partial charge in [0.25, 0.3) is 5.91 Å². The van der Waals surface area contributed by atoms with Gasteiger partial charge < -0.3 is 15.4 Å². The summed E-state index contributed by atoms with van der Waals surface area (Å²) in [4.78, 5) is 35.7. The molecule has 0 aliphatic rings. The van der Waals surface area contributed by atoms with E-state index in [1.807, 2.05) is 0 Å². The predicted octanol–water partition coefficient (Wildman–Crippen LogP) is 0.342. The quantitative estimate of drug-likeness (QED) is 0.727. The minimum atomic E-state index is -1.11. The summed E-state index contributed by atoms with van der Waals surface area (Å²) in [6.07, 6.45) is 0. The second-order valence-electron chi connectivity index (χ2n) is 3.70. The third kappa shape index (κ3) is 2.54. The van der Waals surface area contributed by atoms with Gasteiger partial charge in [-0.05, 0) is 23.6 Å². The number of nitrogens with one attached hydrogen (secondary N) is 2. The minimum absolute atomic E-state index is 0.259. The van der Waals surface area contributed by atoms with Crippen LogP contribution in [-0.2, 0) is 4.79 Å². The molecular weight excluding hydrogens is 236 g/mol. The van der Waals surface area contributed by atoms with Gasteiger partial charge in [0.15, 0.2) is 0 Å². The fourth-order valence-electron chi connectivity index (χ4n) is 1.55. The number of aromatic nitrogens is 1. The normalized spacial score (nSPS) is 10.2. The van der Waals surface area contributed by atoms with Crippen LogP contribution in [0.4, 0.5) is 0 Å². The van der Waals surface area contributed by atoms with Crippen LogP contribution in [0.3, 0.4) is 0 Å². The van der Waals surface area contributed by atoms with Crippen molar-refractivity contribution in [3.8, 4) is 0 Å². The number of rotatable bonds is 3. The molecule has 18 heavy (non-hydrogen) atoms. The third-order valence-electron chi connectivity index (χ3n) is 2.39. The van der Waals surface area contributed by atoms with E-state index in [9.17, 15) is 14.4 Å². The number of carboxylic acids is 1. The number of aliphatic carboxylic acids is 1. The predicted molar refractivity (Wildman–Crippen MR) is 64.5 cm³/mol. The summed E-state index contributed by atoms with van der Waals surface area (Å²) < 4.78 is 0. The molecule has 6 nitrogen and oxygen atoms in total.